The molecule has 0 radical (unpaired) electrons. The molecule has 0 spiro atoms. The highest BCUT2D eigenvalue weighted by atomic mass is 79.9. The molecule has 1 amide bonds. The van der Waals surface area contributed by atoms with Crippen LogP contribution in [0.3, 0.4) is 0 Å². The third-order valence-corrected chi connectivity index (χ3v) is 4.47. The zero-order valence-corrected chi connectivity index (χ0v) is 14.4. The molecule has 124 valence electrons. The van der Waals surface area contributed by atoms with Crippen LogP contribution in [0, 0.1) is 5.92 Å². The average Bonchev–Trinajstić information content (AvgIpc) is 2.59. The van der Waals surface area contributed by atoms with Crippen LogP contribution in [0.15, 0.2) is 53.0 Å². The fourth-order valence-corrected chi connectivity index (χ4v) is 3.17. The zero-order valence-electron chi connectivity index (χ0n) is 12.8. The molecule has 1 atom stereocenters. The van der Waals surface area contributed by atoms with Crippen LogP contribution in [-0.2, 0) is 22.6 Å². The first-order valence-corrected chi connectivity index (χ1v) is 8.33. The van der Waals surface area contributed by atoms with Gasteiger partial charge >= 0.3 is 12.1 Å². The van der Waals surface area contributed by atoms with E-state index >= 15 is 0 Å². The second kappa shape index (κ2) is 7.05. The molecule has 2 aromatic carbocycles. The Labute approximate surface area is 148 Å². The molecule has 1 aliphatic heterocycles. The number of carboxylic acid groups (broad SMARTS) is 1. The van der Waals surface area contributed by atoms with E-state index < -0.39 is 18.0 Å². The van der Waals surface area contributed by atoms with Gasteiger partial charge in [-0.1, -0.05) is 46.3 Å². The molecule has 0 saturated heterocycles. The molecule has 2 aromatic rings. The van der Waals surface area contributed by atoms with E-state index in [9.17, 15) is 14.7 Å². The van der Waals surface area contributed by atoms with Crippen molar-refractivity contribution in [2.24, 2.45) is 5.92 Å². The van der Waals surface area contributed by atoms with Gasteiger partial charge in [-0.05, 0) is 35.7 Å². The number of anilines is 1. The minimum Gasteiger partial charge on any atom is -0.481 e. The Hall–Kier alpha value is -2.34. The SMILES string of the molecule is O=C(O)C1Cc2cc(Br)ccc2N(C(=O)OCc2ccccc2)C1. The predicted molar refractivity (Wildman–Crippen MR) is 92.9 cm³/mol. The summed E-state index contributed by atoms with van der Waals surface area (Å²) in [7, 11) is 0. The minimum atomic E-state index is -0.915. The summed E-state index contributed by atoms with van der Waals surface area (Å²) in [5, 5.41) is 9.35. The van der Waals surface area contributed by atoms with Gasteiger partial charge in [0.05, 0.1) is 11.6 Å². The molecule has 0 fully saturated rings. The second-order valence-corrected chi connectivity index (χ2v) is 6.58. The standard InChI is InChI=1S/C18H16BrNO4/c19-15-6-7-16-13(9-15)8-14(17(21)22)10-20(16)18(23)24-11-12-4-2-1-3-5-12/h1-7,9,14H,8,10-11H2,(H,21,22). The second-order valence-electron chi connectivity index (χ2n) is 5.66. The fraction of sp³-hybridized carbons (Fsp3) is 0.222. The van der Waals surface area contributed by atoms with E-state index in [0.29, 0.717) is 12.1 Å². The van der Waals surface area contributed by atoms with Crippen LogP contribution in [0.1, 0.15) is 11.1 Å². The van der Waals surface area contributed by atoms with Crippen LogP contribution in [0.25, 0.3) is 0 Å². The van der Waals surface area contributed by atoms with Crippen LogP contribution < -0.4 is 4.90 Å². The topological polar surface area (TPSA) is 66.8 Å². The van der Waals surface area contributed by atoms with Crippen LogP contribution >= 0.6 is 15.9 Å². The number of carboxylic acids is 1. The zero-order chi connectivity index (χ0) is 17.1. The highest BCUT2D eigenvalue weighted by Gasteiger charge is 2.33. The maximum absolute atomic E-state index is 12.5. The van der Waals surface area contributed by atoms with Gasteiger partial charge in [0.2, 0.25) is 0 Å². The Morgan fingerprint density at radius 2 is 1.96 bits per heavy atom. The smallest absolute Gasteiger partial charge is 0.414 e. The average molecular weight is 390 g/mol. The first-order valence-electron chi connectivity index (χ1n) is 7.54. The summed E-state index contributed by atoms with van der Waals surface area (Å²) in [5.41, 5.74) is 2.40. The Morgan fingerprint density at radius 3 is 2.67 bits per heavy atom. The van der Waals surface area contributed by atoms with E-state index in [1.165, 1.54) is 4.90 Å². The van der Waals surface area contributed by atoms with E-state index in [-0.39, 0.29) is 13.2 Å². The number of carbonyl (C=O) groups is 2. The molecule has 5 nitrogen and oxygen atoms in total. The molecule has 1 heterocycles. The maximum atomic E-state index is 12.5. The highest BCUT2D eigenvalue weighted by Crippen LogP contribution is 2.32. The Balaban J connectivity index is 1.80. The predicted octanol–water partition coefficient (Wildman–Crippen LogP) is 3.85. The molecule has 0 aliphatic carbocycles. The third-order valence-electron chi connectivity index (χ3n) is 3.98. The summed E-state index contributed by atoms with van der Waals surface area (Å²) >= 11 is 3.38. The van der Waals surface area contributed by atoms with Gasteiger partial charge in [-0.15, -0.1) is 0 Å². The largest absolute Gasteiger partial charge is 0.481 e. The van der Waals surface area contributed by atoms with Crippen molar-refractivity contribution in [3.8, 4) is 0 Å². The molecule has 6 heteroatoms. The minimum absolute atomic E-state index is 0.109. The molecular formula is C18H16BrNO4. The van der Waals surface area contributed by atoms with E-state index in [2.05, 4.69) is 15.9 Å². The van der Waals surface area contributed by atoms with Gasteiger partial charge in [-0.3, -0.25) is 9.69 Å². The summed E-state index contributed by atoms with van der Waals surface area (Å²) in [6, 6.07) is 14.9. The number of ether oxygens (including phenoxy) is 1. The van der Waals surface area contributed by atoms with Crippen molar-refractivity contribution < 1.29 is 19.4 Å². The monoisotopic (exact) mass is 389 g/mol. The lowest BCUT2D eigenvalue weighted by atomic mass is 9.93. The van der Waals surface area contributed by atoms with Crippen molar-refractivity contribution >= 4 is 33.7 Å². The van der Waals surface area contributed by atoms with Gasteiger partial charge in [0.25, 0.3) is 0 Å². The van der Waals surface area contributed by atoms with Crippen molar-refractivity contribution in [3.05, 3.63) is 64.1 Å². The van der Waals surface area contributed by atoms with Crippen molar-refractivity contribution in [3.63, 3.8) is 0 Å². The summed E-state index contributed by atoms with van der Waals surface area (Å²) in [6.07, 6.45) is -0.139. The number of benzene rings is 2. The Bertz CT molecular complexity index is 763. The van der Waals surface area contributed by atoms with Crippen molar-refractivity contribution in [1.82, 2.24) is 0 Å². The number of rotatable bonds is 3. The molecule has 0 aromatic heterocycles. The van der Waals surface area contributed by atoms with Crippen LogP contribution in [0.5, 0.6) is 0 Å². The number of amides is 1. The highest BCUT2D eigenvalue weighted by molar-refractivity contribution is 9.10. The van der Waals surface area contributed by atoms with Crippen LogP contribution in [0.4, 0.5) is 10.5 Å². The van der Waals surface area contributed by atoms with Gasteiger partial charge in [0.1, 0.15) is 6.61 Å². The molecule has 1 unspecified atom stereocenters. The van der Waals surface area contributed by atoms with Crippen LogP contribution in [0.2, 0.25) is 0 Å². The van der Waals surface area contributed by atoms with Gasteiger partial charge in [0.15, 0.2) is 0 Å². The molecular weight excluding hydrogens is 374 g/mol. The number of carbonyl (C=O) groups excluding carboxylic acids is 1. The summed E-state index contributed by atoms with van der Waals surface area (Å²) in [5.74, 6) is -1.56. The lowest BCUT2D eigenvalue weighted by Crippen LogP contribution is -2.42. The summed E-state index contributed by atoms with van der Waals surface area (Å²) in [4.78, 5) is 25.3. The van der Waals surface area contributed by atoms with Gasteiger partial charge in [-0.25, -0.2) is 4.79 Å². The molecule has 3 rings (SSSR count). The van der Waals surface area contributed by atoms with E-state index in [4.69, 9.17) is 4.74 Å². The summed E-state index contributed by atoms with van der Waals surface area (Å²) < 4.78 is 6.22. The first kappa shape index (κ1) is 16.5. The fourth-order valence-electron chi connectivity index (χ4n) is 2.77. The van der Waals surface area contributed by atoms with Crippen LogP contribution in [-0.4, -0.2) is 23.7 Å². The van der Waals surface area contributed by atoms with Crippen molar-refractivity contribution in [1.29, 1.82) is 0 Å². The summed E-state index contributed by atoms with van der Waals surface area (Å²) in [6.45, 7) is 0.261. The maximum Gasteiger partial charge on any atom is 0.414 e. The molecule has 1 N–H and O–H groups in total. The number of nitrogens with zero attached hydrogens (tertiary/aromatic N) is 1. The number of hydrogen-bond donors (Lipinski definition) is 1. The number of aliphatic carboxylic acids is 1. The Morgan fingerprint density at radius 1 is 1.21 bits per heavy atom. The van der Waals surface area contributed by atoms with E-state index in [1.54, 1.807) is 6.07 Å². The lowest BCUT2D eigenvalue weighted by Gasteiger charge is -2.32. The molecule has 0 saturated carbocycles. The van der Waals surface area contributed by atoms with Crippen molar-refractivity contribution in [2.75, 3.05) is 11.4 Å². The molecule has 1 aliphatic rings. The quantitative estimate of drug-likeness (QED) is 0.865. The number of fused-ring (bicyclic) bond motifs is 1. The normalized spacial score (nSPS) is 16.4. The van der Waals surface area contributed by atoms with E-state index in [1.807, 2.05) is 42.5 Å². The van der Waals surface area contributed by atoms with Gasteiger partial charge in [-0.2, -0.15) is 0 Å². The van der Waals surface area contributed by atoms with Gasteiger partial charge < -0.3 is 9.84 Å². The first-order chi connectivity index (χ1) is 11.5. The van der Waals surface area contributed by atoms with E-state index in [0.717, 1.165) is 15.6 Å². The molecule has 24 heavy (non-hydrogen) atoms. The lowest BCUT2D eigenvalue weighted by molar-refractivity contribution is -0.141. The third kappa shape index (κ3) is 3.59. The van der Waals surface area contributed by atoms with Gasteiger partial charge in [0, 0.05) is 11.0 Å². The van der Waals surface area contributed by atoms with Crippen molar-refractivity contribution in [2.45, 2.75) is 13.0 Å². The number of halogens is 1. The molecule has 0 bridgehead atoms. The Kier molecular flexibility index (Phi) is 4.85. The number of hydrogen-bond acceptors (Lipinski definition) is 3.